The molecule has 5 nitrogen and oxygen atoms in total. The van der Waals surface area contributed by atoms with Crippen molar-refractivity contribution in [3.63, 3.8) is 0 Å². The third-order valence-corrected chi connectivity index (χ3v) is 1.83. The average molecular weight is 165 g/mol. The first-order valence-corrected chi connectivity index (χ1v) is 3.54. The molecule has 60 valence electrons. The summed E-state index contributed by atoms with van der Waals surface area (Å²) < 4.78 is 0. The normalized spacial score (nSPS) is 10.0. The molecule has 0 aromatic carbocycles. The number of nitrogens with two attached hydrogens (primary N) is 1. The Hall–Kier alpha value is -0.300. The van der Waals surface area contributed by atoms with Gasteiger partial charge in [-0.05, 0) is 25.9 Å². The first kappa shape index (κ1) is 9.70. The van der Waals surface area contributed by atoms with Crippen molar-refractivity contribution in [2.24, 2.45) is 5.90 Å². The van der Waals surface area contributed by atoms with E-state index in [1.165, 1.54) is 0 Å². The van der Waals surface area contributed by atoms with Crippen LogP contribution in [-0.2, 0) is 4.84 Å². The number of carbonyl (C=O) groups is 1. The van der Waals surface area contributed by atoms with Crippen LogP contribution in [0.4, 0.5) is 4.79 Å². The molecule has 6 heteroatoms. The molecule has 0 aliphatic carbocycles. The van der Waals surface area contributed by atoms with Crippen LogP contribution in [-0.4, -0.2) is 24.9 Å². The largest absolute Gasteiger partial charge is 0.388 e. The van der Waals surface area contributed by atoms with Crippen molar-refractivity contribution in [1.82, 2.24) is 10.6 Å². The van der Waals surface area contributed by atoms with E-state index in [9.17, 15) is 4.79 Å². The third kappa shape index (κ3) is 3.67. The highest BCUT2D eigenvalue weighted by atomic mass is 32.2. The van der Waals surface area contributed by atoms with Gasteiger partial charge in [0.05, 0.1) is 0 Å². The quantitative estimate of drug-likeness (QED) is 0.385. The van der Waals surface area contributed by atoms with E-state index in [0.717, 1.165) is 11.8 Å². The Morgan fingerprint density at radius 2 is 2.10 bits per heavy atom. The van der Waals surface area contributed by atoms with E-state index < -0.39 is 5.30 Å². The number of hydrogen-bond donors (Lipinski definition) is 3. The Morgan fingerprint density at radius 3 is 2.40 bits per heavy atom. The van der Waals surface area contributed by atoms with Crippen LogP contribution < -0.4 is 16.5 Å². The van der Waals surface area contributed by atoms with Crippen LogP contribution >= 0.6 is 11.8 Å². The molecule has 0 aliphatic rings. The van der Waals surface area contributed by atoms with Gasteiger partial charge in [0.2, 0.25) is 0 Å². The van der Waals surface area contributed by atoms with Crippen molar-refractivity contribution >= 4 is 17.1 Å². The fraction of sp³-hybridized carbons (Fsp3) is 0.750. The zero-order valence-corrected chi connectivity index (χ0v) is 6.70. The van der Waals surface area contributed by atoms with Crippen molar-refractivity contribution in [3.05, 3.63) is 0 Å². The lowest BCUT2D eigenvalue weighted by Gasteiger charge is -2.10. The Bertz CT molecular complexity index is 107. The predicted octanol–water partition coefficient (Wildman–Crippen LogP) is -0.548. The summed E-state index contributed by atoms with van der Waals surface area (Å²) >= 11 is 0.936. The molecule has 0 rings (SSSR count). The first-order valence-electron chi connectivity index (χ1n) is 2.66. The monoisotopic (exact) mass is 165 g/mol. The molecule has 0 spiro atoms. The Morgan fingerprint density at radius 1 is 1.60 bits per heavy atom. The van der Waals surface area contributed by atoms with Gasteiger partial charge in [0, 0.05) is 0 Å². The second kappa shape index (κ2) is 5.48. The molecule has 0 heterocycles. The van der Waals surface area contributed by atoms with Crippen LogP contribution in [0.1, 0.15) is 0 Å². The number of hydrogen-bond acceptors (Lipinski definition) is 6. The van der Waals surface area contributed by atoms with Crippen LogP contribution in [0.2, 0.25) is 0 Å². The van der Waals surface area contributed by atoms with Gasteiger partial charge in [-0.15, -0.1) is 0 Å². The van der Waals surface area contributed by atoms with Gasteiger partial charge in [0.25, 0.3) is 0 Å². The highest BCUT2D eigenvalue weighted by Gasteiger charge is 2.09. The van der Waals surface area contributed by atoms with Gasteiger partial charge in [-0.2, -0.15) is 5.90 Å². The fourth-order valence-corrected chi connectivity index (χ4v) is 0.870. The zero-order valence-electron chi connectivity index (χ0n) is 5.88. The lowest BCUT2D eigenvalue weighted by Crippen LogP contribution is -2.35. The maximum absolute atomic E-state index is 10.5. The molecule has 0 atom stereocenters. The highest BCUT2D eigenvalue weighted by Crippen LogP contribution is 2.06. The van der Waals surface area contributed by atoms with Crippen LogP contribution in [0.25, 0.3) is 0 Å². The van der Waals surface area contributed by atoms with E-state index in [1.54, 1.807) is 14.1 Å². The second-order valence-corrected chi connectivity index (χ2v) is 2.48. The van der Waals surface area contributed by atoms with Crippen molar-refractivity contribution in [2.75, 3.05) is 14.1 Å². The minimum Gasteiger partial charge on any atom is -0.365 e. The molecule has 4 N–H and O–H groups in total. The summed E-state index contributed by atoms with van der Waals surface area (Å²) in [6.45, 7) is 0. The van der Waals surface area contributed by atoms with Gasteiger partial charge in [0.15, 0.2) is 0 Å². The predicted molar refractivity (Wildman–Crippen MR) is 40.2 cm³/mol. The molecule has 0 aliphatic heterocycles. The maximum Gasteiger partial charge on any atom is 0.388 e. The third-order valence-electron chi connectivity index (χ3n) is 0.835. The second-order valence-electron chi connectivity index (χ2n) is 1.44. The van der Waals surface area contributed by atoms with Crippen LogP contribution in [0, 0.1) is 0 Å². The first-order chi connectivity index (χ1) is 4.74. The standard InChI is InChI=1S/C4H11N3O2S/c1-6-3(7-2)10-4(8)9-5/h3,6-7H,5H2,1-2H3. The molecule has 0 amide bonds. The molecule has 0 radical (unpaired) electrons. The van der Waals surface area contributed by atoms with Gasteiger partial charge in [-0.25, -0.2) is 4.79 Å². The Kier molecular flexibility index (Phi) is 5.32. The summed E-state index contributed by atoms with van der Waals surface area (Å²) in [7, 11) is 3.44. The van der Waals surface area contributed by atoms with E-state index in [2.05, 4.69) is 21.4 Å². The van der Waals surface area contributed by atoms with Crippen molar-refractivity contribution in [2.45, 2.75) is 5.50 Å². The van der Waals surface area contributed by atoms with Crippen molar-refractivity contribution < 1.29 is 9.63 Å². The molecule has 0 saturated heterocycles. The Balaban J connectivity index is 3.52. The minimum atomic E-state index is -0.520. The lowest BCUT2D eigenvalue weighted by atomic mass is 11.0. The number of nitrogens with one attached hydrogen (secondary N) is 2. The van der Waals surface area contributed by atoms with Crippen molar-refractivity contribution in [3.8, 4) is 0 Å². The SMILES string of the molecule is CNC(NC)SC(=O)ON. The lowest BCUT2D eigenvalue weighted by molar-refractivity contribution is 0.177. The van der Waals surface area contributed by atoms with E-state index in [4.69, 9.17) is 0 Å². The summed E-state index contributed by atoms with van der Waals surface area (Å²) in [6.07, 6.45) is 0. The summed E-state index contributed by atoms with van der Waals surface area (Å²) in [5, 5.41) is 5.11. The van der Waals surface area contributed by atoms with Gasteiger partial charge in [-0.1, -0.05) is 0 Å². The van der Waals surface area contributed by atoms with Gasteiger partial charge >= 0.3 is 5.30 Å². The fourth-order valence-electron chi connectivity index (χ4n) is 0.386. The molecule has 0 saturated carbocycles. The summed E-state index contributed by atoms with van der Waals surface area (Å²) in [5.74, 6) is 4.60. The van der Waals surface area contributed by atoms with Gasteiger partial charge in [-0.3, -0.25) is 10.6 Å². The van der Waals surface area contributed by atoms with E-state index in [0.29, 0.717) is 0 Å². The van der Waals surface area contributed by atoms with Crippen LogP contribution in [0.15, 0.2) is 0 Å². The number of thioether (sulfide) groups is 1. The molecule has 0 bridgehead atoms. The summed E-state index contributed by atoms with van der Waals surface area (Å²) in [6, 6.07) is 0. The molecule has 0 fully saturated rings. The van der Waals surface area contributed by atoms with Gasteiger partial charge < -0.3 is 4.84 Å². The topological polar surface area (TPSA) is 76.4 Å². The molecule has 0 aromatic heterocycles. The zero-order chi connectivity index (χ0) is 7.98. The summed E-state index contributed by atoms with van der Waals surface area (Å²) in [5.41, 5.74) is -0.156. The molecule has 0 aromatic rings. The summed E-state index contributed by atoms with van der Waals surface area (Å²) in [4.78, 5) is 14.4. The maximum atomic E-state index is 10.5. The van der Waals surface area contributed by atoms with E-state index in [-0.39, 0.29) is 5.50 Å². The number of carbonyl (C=O) groups excluding carboxylic acids is 1. The van der Waals surface area contributed by atoms with Gasteiger partial charge in [0.1, 0.15) is 5.50 Å². The van der Waals surface area contributed by atoms with E-state index in [1.807, 2.05) is 0 Å². The van der Waals surface area contributed by atoms with E-state index >= 15 is 0 Å². The highest BCUT2D eigenvalue weighted by molar-refractivity contribution is 8.13. The molecular formula is C4H11N3O2S. The van der Waals surface area contributed by atoms with Crippen LogP contribution in [0.5, 0.6) is 0 Å². The minimum absolute atomic E-state index is 0.156. The number of rotatable bonds is 3. The molecular weight excluding hydrogens is 154 g/mol. The molecule has 10 heavy (non-hydrogen) atoms. The molecule has 0 unspecified atom stereocenters. The van der Waals surface area contributed by atoms with Crippen LogP contribution in [0.3, 0.4) is 0 Å². The smallest absolute Gasteiger partial charge is 0.365 e. The Labute approximate surface area is 63.6 Å². The van der Waals surface area contributed by atoms with Crippen molar-refractivity contribution in [1.29, 1.82) is 0 Å². The average Bonchev–Trinajstić information content (AvgIpc) is 1.99.